The molecule has 0 unspecified atom stereocenters. The van der Waals surface area contributed by atoms with Crippen molar-refractivity contribution in [2.24, 2.45) is 0 Å². The molecule has 0 saturated heterocycles. The van der Waals surface area contributed by atoms with Gasteiger partial charge in [-0.05, 0) is 38.1 Å². The Labute approximate surface area is 162 Å². The summed E-state index contributed by atoms with van der Waals surface area (Å²) in [5.41, 5.74) is 1.72. The maximum Gasteiger partial charge on any atom is 0.340 e. The number of carbonyl (C=O) groups excluding carboxylic acids is 1. The standard InChI is InChI=1S/C20H21N5O3/c1-3-27-17-12-8-7-11-16(17)23-20-24-18(13-21-25-20)22-15-10-6-5-9-14(15)19(26)28-4-2/h5-13H,3-4H2,1-2H3,(H2,22,23,24,25). The molecule has 0 amide bonds. The molecule has 0 fully saturated rings. The third-order valence-electron chi connectivity index (χ3n) is 3.68. The van der Waals surface area contributed by atoms with Gasteiger partial charge in [0.05, 0.1) is 36.3 Å². The first-order chi connectivity index (χ1) is 13.7. The van der Waals surface area contributed by atoms with Gasteiger partial charge in [-0.25, -0.2) is 4.79 Å². The van der Waals surface area contributed by atoms with Crippen molar-refractivity contribution in [2.75, 3.05) is 23.8 Å². The van der Waals surface area contributed by atoms with Gasteiger partial charge in [-0.1, -0.05) is 24.3 Å². The predicted octanol–water partition coefficient (Wildman–Crippen LogP) is 3.93. The Bertz CT molecular complexity index is 948. The molecule has 144 valence electrons. The number of esters is 1. The largest absolute Gasteiger partial charge is 0.492 e. The van der Waals surface area contributed by atoms with Crippen molar-refractivity contribution in [3.8, 4) is 5.75 Å². The van der Waals surface area contributed by atoms with Crippen LogP contribution in [0.3, 0.4) is 0 Å². The Morgan fingerprint density at radius 2 is 1.71 bits per heavy atom. The molecule has 1 aromatic heterocycles. The Morgan fingerprint density at radius 1 is 0.964 bits per heavy atom. The maximum atomic E-state index is 12.1. The molecule has 0 aliphatic heterocycles. The van der Waals surface area contributed by atoms with Crippen molar-refractivity contribution in [1.29, 1.82) is 0 Å². The summed E-state index contributed by atoms with van der Waals surface area (Å²) in [6.07, 6.45) is 1.47. The molecular formula is C20H21N5O3. The highest BCUT2D eigenvalue weighted by atomic mass is 16.5. The molecule has 3 aromatic rings. The summed E-state index contributed by atoms with van der Waals surface area (Å²) in [6, 6.07) is 14.5. The van der Waals surface area contributed by atoms with E-state index >= 15 is 0 Å². The van der Waals surface area contributed by atoms with Gasteiger partial charge in [-0.2, -0.15) is 10.1 Å². The number of hydrogen-bond acceptors (Lipinski definition) is 8. The van der Waals surface area contributed by atoms with Crippen LogP contribution in [0.25, 0.3) is 0 Å². The SMILES string of the molecule is CCOC(=O)c1ccccc1Nc1cnnc(Nc2ccccc2OCC)n1. The minimum Gasteiger partial charge on any atom is -0.492 e. The van der Waals surface area contributed by atoms with E-state index in [-0.39, 0.29) is 0 Å². The Hall–Kier alpha value is -3.68. The van der Waals surface area contributed by atoms with Gasteiger partial charge >= 0.3 is 5.97 Å². The molecule has 2 N–H and O–H groups in total. The van der Waals surface area contributed by atoms with Crippen LogP contribution in [0.1, 0.15) is 24.2 Å². The van der Waals surface area contributed by atoms with E-state index in [1.807, 2.05) is 37.3 Å². The van der Waals surface area contributed by atoms with Gasteiger partial charge in [-0.3, -0.25) is 0 Å². The zero-order valence-corrected chi connectivity index (χ0v) is 15.7. The number of para-hydroxylation sites is 3. The first-order valence-electron chi connectivity index (χ1n) is 8.93. The first kappa shape index (κ1) is 19.1. The van der Waals surface area contributed by atoms with Crippen LogP contribution >= 0.6 is 0 Å². The molecule has 0 spiro atoms. The fourth-order valence-electron chi connectivity index (χ4n) is 2.51. The van der Waals surface area contributed by atoms with E-state index < -0.39 is 5.97 Å². The average molecular weight is 379 g/mol. The van der Waals surface area contributed by atoms with Crippen molar-refractivity contribution < 1.29 is 14.3 Å². The number of aromatic nitrogens is 3. The van der Waals surface area contributed by atoms with Gasteiger partial charge in [0.2, 0.25) is 5.95 Å². The molecule has 3 rings (SSSR count). The lowest BCUT2D eigenvalue weighted by Gasteiger charge is -2.12. The molecule has 0 aliphatic rings. The molecule has 0 saturated carbocycles. The van der Waals surface area contributed by atoms with E-state index in [9.17, 15) is 4.79 Å². The normalized spacial score (nSPS) is 10.2. The van der Waals surface area contributed by atoms with E-state index in [1.54, 1.807) is 25.1 Å². The quantitative estimate of drug-likeness (QED) is 0.568. The summed E-state index contributed by atoms with van der Waals surface area (Å²) in [7, 11) is 0. The third kappa shape index (κ3) is 4.73. The molecule has 8 heteroatoms. The molecule has 0 bridgehead atoms. The van der Waals surface area contributed by atoms with Crippen LogP contribution < -0.4 is 15.4 Å². The Balaban J connectivity index is 1.81. The van der Waals surface area contributed by atoms with Gasteiger partial charge in [0.25, 0.3) is 0 Å². The van der Waals surface area contributed by atoms with Crippen LogP contribution in [-0.2, 0) is 4.74 Å². The molecule has 2 aromatic carbocycles. The highest BCUT2D eigenvalue weighted by Crippen LogP contribution is 2.26. The number of benzene rings is 2. The Morgan fingerprint density at radius 3 is 2.50 bits per heavy atom. The van der Waals surface area contributed by atoms with Crippen molar-refractivity contribution in [3.05, 3.63) is 60.3 Å². The van der Waals surface area contributed by atoms with Crippen molar-refractivity contribution in [3.63, 3.8) is 0 Å². The van der Waals surface area contributed by atoms with Crippen molar-refractivity contribution in [2.45, 2.75) is 13.8 Å². The second-order valence-corrected chi connectivity index (χ2v) is 5.61. The fourth-order valence-corrected chi connectivity index (χ4v) is 2.51. The molecule has 28 heavy (non-hydrogen) atoms. The second kappa shape index (κ2) is 9.31. The van der Waals surface area contributed by atoms with Gasteiger partial charge < -0.3 is 20.1 Å². The summed E-state index contributed by atoms with van der Waals surface area (Å²) >= 11 is 0. The van der Waals surface area contributed by atoms with E-state index in [4.69, 9.17) is 9.47 Å². The van der Waals surface area contributed by atoms with E-state index in [0.717, 1.165) is 5.69 Å². The van der Waals surface area contributed by atoms with Gasteiger partial charge in [0, 0.05) is 0 Å². The monoisotopic (exact) mass is 379 g/mol. The molecule has 8 nitrogen and oxygen atoms in total. The second-order valence-electron chi connectivity index (χ2n) is 5.61. The lowest BCUT2D eigenvalue weighted by atomic mass is 10.2. The van der Waals surface area contributed by atoms with Crippen molar-refractivity contribution >= 4 is 29.1 Å². The van der Waals surface area contributed by atoms with Gasteiger partial charge in [0.15, 0.2) is 5.82 Å². The molecule has 0 aliphatic carbocycles. The molecule has 1 heterocycles. The van der Waals surface area contributed by atoms with Crippen molar-refractivity contribution in [1.82, 2.24) is 15.2 Å². The highest BCUT2D eigenvalue weighted by Gasteiger charge is 2.13. The number of anilines is 4. The van der Waals surface area contributed by atoms with E-state index in [1.165, 1.54) is 6.20 Å². The highest BCUT2D eigenvalue weighted by molar-refractivity contribution is 5.96. The predicted molar refractivity (Wildman–Crippen MR) is 106 cm³/mol. The van der Waals surface area contributed by atoms with Gasteiger partial charge in [-0.15, -0.1) is 5.10 Å². The number of nitrogens with one attached hydrogen (secondary N) is 2. The van der Waals surface area contributed by atoms with Crippen LogP contribution in [0.2, 0.25) is 0 Å². The van der Waals surface area contributed by atoms with Crippen LogP contribution in [0.5, 0.6) is 5.75 Å². The molecule has 0 atom stereocenters. The summed E-state index contributed by atoms with van der Waals surface area (Å²) in [4.78, 5) is 16.5. The number of nitrogens with zero attached hydrogens (tertiary/aromatic N) is 3. The maximum absolute atomic E-state index is 12.1. The minimum atomic E-state index is -0.406. The zero-order valence-electron chi connectivity index (χ0n) is 15.7. The number of ether oxygens (including phenoxy) is 2. The summed E-state index contributed by atoms with van der Waals surface area (Å²) in [6.45, 7) is 4.53. The summed E-state index contributed by atoms with van der Waals surface area (Å²) in [5, 5.41) is 14.2. The number of rotatable bonds is 8. The average Bonchev–Trinajstić information content (AvgIpc) is 2.71. The fraction of sp³-hybridized carbons (Fsp3) is 0.200. The smallest absolute Gasteiger partial charge is 0.340 e. The van der Waals surface area contributed by atoms with Crippen LogP contribution in [0, 0.1) is 0 Å². The van der Waals surface area contributed by atoms with E-state index in [2.05, 4.69) is 25.8 Å². The lowest BCUT2D eigenvalue weighted by Crippen LogP contribution is -2.09. The van der Waals surface area contributed by atoms with Gasteiger partial charge in [0.1, 0.15) is 5.75 Å². The molecule has 0 radical (unpaired) electrons. The molecular weight excluding hydrogens is 358 g/mol. The summed E-state index contributed by atoms with van der Waals surface area (Å²) < 4.78 is 10.7. The minimum absolute atomic E-state index is 0.297. The van der Waals surface area contributed by atoms with Crippen LogP contribution in [0.4, 0.5) is 23.1 Å². The number of hydrogen-bond donors (Lipinski definition) is 2. The third-order valence-corrected chi connectivity index (χ3v) is 3.68. The van der Waals surface area contributed by atoms with Crippen LogP contribution in [-0.4, -0.2) is 34.4 Å². The zero-order chi connectivity index (χ0) is 19.8. The lowest BCUT2D eigenvalue weighted by molar-refractivity contribution is 0.0527. The Kier molecular flexibility index (Phi) is 6.35. The van der Waals surface area contributed by atoms with E-state index in [0.29, 0.717) is 42.0 Å². The topological polar surface area (TPSA) is 98.3 Å². The number of carbonyl (C=O) groups is 1. The van der Waals surface area contributed by atoms with Crippen LogP contribution in [0.15, 0.2) is 54.7 Å². The first-order valence-corrected chi connectivity index (χ1v) is 8.93. The summed E-state index contributed by atoms with van der Waals surface area (Å²) in [5.74, 6) is 1.02.